The van der Waals surface area contributed by atoms with E-state index in [4.69, 9.17) is 13.9 Å². The van der Waals surface area contributed by atoms with Crippen molar-refractivity contribution in [3.05, 3.63) is 24.2 Å². The fourth-order valence-corrected chi connectivity index (χ4v) is 2.86. The van der Waals surface area contributed by atoms with Crippen LogP contribution in [-0.4, -0.2) is 43.9 Å². The average molecular weight is 354 g/mol. The molecular formula is C18H30N2O5. The quantitative estimate of drug-likeness (QED) is 0.749. The maximum Gasteiger partial charge on any atom is 0.408 e. The van der Waals surface area contributed by atoms with Crippen molar-refractivity contribution in [1.29, 1.82) is 0 Å². The van der Waals surface area contributed by atoms with Crippen LogP contribution in [0.1, 0.15) is 52.2 Å². The van der Waals surface area contributed by atoms with Crippen LogP contribution in [0.25, 0.3) is 0 Å². The molecule has 1 aromatic heterocycles. The van der Waals surface area contributed by atoms with E-state index in [2.05, 4.69) is 10.6 Å². The van der Waals surface area contributed by atoms with E-state index < -0.39 is 23.2 Å². The molecule has 1 rings (SSSR count). The van der Waals surface area contributed by atoms with Crippen molar-refractivity contribution in [3.8, 4) is 0 Å². The van der Waals surface area contributed by atoms with Crippen LogP contribution in [0.2, 0.25) is 0 Å². The minimum atomic E-state index is -1.21. The van der Waals surface area contributed by atoms with E-state index in [0.717, 1.165) is 0 Å². The molecule has 0 saturated heterocycles. The van der Waals surface area contributed by atoms with Gasteiger partial charge in [0.15, 0.2) is 0 Å². The summed E-state index contributed by atoms with van der Waals surface area (Å²) in [7, 11) is 3.13. The molecule has 7 heteroatoms. The van der Waals surface area contributed by atoms with Crippen LogP contribution in [0.3, 0.4) is 0 Å². The predicted molar refractivity (Wildman–Crippen MR) is 94.4 cm³/mol. The second-order valence-electron chi connectivity index (χ2n) is 6.88. The Kier molecular flexibility index (Phi) is 7.48. The molecule has 0 spiro atoms. The third kappa shape index (κ3) is 5.49. The van der Waals surface area contributed by atoms with Crippen molar-refractivity contribution in [2.45, 2.75) is 57.6 Å². The van der Waals surface area contributed by atoms with Gasteiger partial charge in [-0.1, -0.05) is 6.92 Å². The number of hydrogen-bond donors (Lipinski definition) is 2. The van der Waals surface area contributed by atoms with Gasteiger partial charge in [-0.15, -0.1) is 0 Å². The first kappa shape index (κ1) is 21.0. The highest BCUT2D eigenvalue weighted by Crippen LogP contribution is 2.35. The van der Waals surface area contributed by atoms with Gasteiger partial charge in [0.05, 0.1) is 12.2 Å². The van der Waals surface area contributed by atoms with E-state index in [0.29, 0.717) is 25.2 Å². The summed E-state index contributed by atoms with van der Waals surface area (Å²) < 4.78 is 16.1. The van der Waals surface area contributed by atoms with Crippen LogP contribution in [0, 0.1) is 0 Å². The first-order chi connectivity index (χ1) is 11.7. The average Bonchev–Trinajstić information content (AvgIpc) is 3.05. The number of furan rings is 1. The molecule has 2 amide bonds. The van der Waals surface area contributed by atoms with E-state index in [9.17, 15) is 9.59 Å². The summed E-state index contributed by atoms with van der Waals surface area (Å²) in [6.07, 6.45) is 1.77. The minimum absolute atomic E-state index is 0.307. The van der Waals surface area contributed by atoms with E-state index in [1.807, 2.05) is 6.92 Å². The lowest BCUT2D eigenvalue weighted by molar-refractivity contribution is -0.129. The summed E-state index contributed by atoms with van der Waals surface area (Å²) in [4.78, 5) is 25.2. The molecule has 2 N–H and O–H groups in total. The fraction of sp³-hybridized carbons (Fsp3) is 0.667. The van der Waals surface area contributed by atoms with Crippen LogP contribution in [0.5, 0.6) is 0 Å². The summed E-state index contributed by atoms with van der Waals surface area (Å²) in [5.41, 5.74) is -1.88. The van der Waals surface area contributed by atoms with Gasteiger partial charge in [0.1, 0.15) is 16.9 Å². The zero-order valence-electron chi connectivity index (χ0n) is 16.0. The summed E-state index contributed by atoms with van der Waals surface area (Å²) >= 11 is 0. The van der Waals surface area contributed by atoms with Gasteiger partial charge in [0, 0.05) is 20.8 Å². The molecule has 25 heavy (non-hydrogen) atoms. The van der Waals surface area contributed by atoms with Crippen molar-refractivity contribution >= 4 is 12.0 Å². The third-order valence-corrected chi connectivity index (χ3v) is 4.01. The molecule has 0 aliphatic carbocycles. The molecule has 1 heterocycles. The Labute approximate surface area is 149 Å². The van der Waals surface area contributed by atoms with Gasteiger partial charge in [0.2, 0.25) is 5.91 Å². The second kappa shape index (κ2) is 8.89. The third-order valence-electron chi connectivity index (χ3n) is 4.01. The molecule has 0 saturated carbocycles. The number of rotatable bonds is 8. The van der Waals surface area contributed by atoms with Gasteiger partial charge in [-0.25, -0.2) is 4.79 Å². The van der Waals surface area contributed by atoms with Crippen LogP contribution in [0.4, 0.5) is 4.79 Å². The van der Waals surface area contributed by atoms with Gasteiger partial charge < -0.3 is 24.5 Å². The monoisotopic (exact) mass is 354 g/mol. The van der Waals surface area contributed by atoms with E-state index in [1.165, 1.54) is 0 Å². The number of alkyl carbamates (subject to hydrolysis) is 1. The van der Waals surface area contributed by atoms with Crippen LogP contribution < -0.4 is 10.6 Å². The van der Waals surface area contributed by atoms with Gasteiger partial charge >= 0.3 is 6.09 Å². The summed E-state index contributed by atoms with van der Waals surface area (Å²) in [5.74, 6) is -0.100. The Morgan fingerprint density at radius 3 is 2.44 bits per heavy atom. The lowest BCUT2D eigenvalue weighted by Gasteiger charge is -2.38. The topological polar surface area (TPSA) is 89.8 Å². The van der Waals surface area contributed by atoms with Crippen molar-refractivity contribution in [1.82, 2.24) is 10.6 Å². The van der Waals surface area contributed by atoms with Crippen molar-refractivity contribution < 1.29 is 23.5 Å². The van der Waals surface area contributed by atoms with Crippen LogP contribution in [0.15, 0.2) is 22.8 Å². The molecule has 142 valence electrons. The molecule has 0 unspecified atom stereocenters. The number of carbonyl (C=O) groups excluding carboxylic acids is 2. The number of methoxy groups -OCH3 is 1. The van der Waals surface area contributed by atoms with Gasteiger partial charge in [0.25, 0.3) is 0 Å². The van der Waals surface area contributed by atoms with Crippen molar-refractivity contribution in [3.63, 3.8) is 0 Å². The zero-order chi connectivity index (χ0) is 19.1. The summed E-state index contributed by atoms with van der Waals surface area (Å²) in [6.45, 7) is 7.58. The van der Waals surface area contributed by atoms with E-state index in [1.54, 1.807) is 53.3 Å². The first-order valence-corrected chi connectivity index (χ1v) is 8.45. The molecule has 0 aromatic carbocycles. The van der Waals surface area contributed by atoms with Crippen molar-refractivity contribution in [2.75, 3.05) is 20.8 Å². The maximum absolute atomic E-state index is 12.8. The smallest absolute Gasteiger partial charge is 0.408 e. The summed E-state index contributed by atoms with van der Waals surface area (Å²) in [5, 5.41) is 5.45. The molecule has 0 fully saturated rings. The Hall–Kier alpha value is -2.02. The fourth-order valence-electron chi connectivity index (χ4n) is 2.86. The number of hydrogen-bond acceptors (Lipinski definition) is 5. The molecule has 0 bridgehead atoms. The first-order valence-electron chi connectivity index (χ1n) is 8.45. The van der Waals surface area contributed by atoms with Crippen LogP contribution >= 0.6 is 0 Å². The lowest BCUT2D eigenvalue weighted by Crippen LogP contribution is -2.62. The van der Waals surface area contributed by atoms with Crippen LogP contribution in [-0.2, 0) is 14.3 Å². The predicted octanol–water partition coefficient (Wildman–Crippen LogP) is 2.82. The zero-order valence-corrected chi connectivity index (χ0v) is 16.0. The number of amides is 2. The molecule has 7 nitrogen and oxygen atoms in total. The Morgan fingerprint density at radius 1 is 1.32 bits per heavy atom. The second-order valence-corrected chi connectivity index (χ2v) is 6.88. The molecule has 2 atom stereocenters. The van der Waals surface area contributed by atoms with Crippen molar-refractivity contribution in [2.24, 2.45) is 0 Å². The molecule has 1 aromatic rings. The standard InChI is InChI=1S/C18H30N2O5/c1-7-18(15(21)19-5,20-16(22)25-17(2,3)4)13(10-12-23-6)14-9-8-11-24-14/h8-9,11,13H,7,10,12H2,1-6H3,(H,19,21)(H,20,22)/t13-,18-/m0/s1. The van der Waals surface area contributed by atoms with Gasteiger partial charge in [-0.05, 0) is 45.7 Å². The minimum Gasteiger partial charge on any atom is -0.469 e. The molecule has 0 aliphatic heterocycles. The largest absolute Gasteiger partial charge is 0.469 e. The maximum atomic E-state index is 12.8. The molecule has 0 radical (unpaired) electrons. The highest BCUT2D eigenvalue weighted by Gasteiger charge is 2.47. The summed E-state index contributed by atoms with van der Waals surface area (Å²) in [6, 6.07) is 3.55. The normalized spacial score (nSPS) is 15.1. The number of likely N-dealkylation sites (N-methyl/N-ethyl adjacent to an activating group) is 1. The molecular weight excluding hydrogens is 324 g/mol. The van der Waals surface area contributed by atoms with E-state index >= 15 is 0 Å². The molecule has 0 aliphatic rings. The highest BCUT2D eigenvalue weighted by molar-refractivity contribution is 5.91. The van der Waals surface area contributed by atoms with E-state index in [-0.39, 0.29) is 5.91 Å². The van der Waals surface area contributed by atoms with Gasteiger partial charge in [-0.2, -0.15) is 0 Å². The van der Waals surface area contributed by atoms with Gasteiger partial charge in [-0.3, -0.25) is 4.79 Å². The number of ether oxygens (including phenoxy) is 2. The lowest BCUT2D eigenvalue weighted by atomic mass is 9.77. The highest BCUT2D eigenvalue weighted by atomic mass is 16.6. The number of carbonyl (C=O) groups is 2. The SMILES string of the molecule is CC[C@@](NC(=O)OC(C)(C)C)(C(=O)NC)[C@@H](CCOC)c1ccco1. The Bertz CT molecular complexity index is 550. The number of nitrogens with one attached hydrogen (secondary N) is 2. The Balaban J connectivity index is 3.26. The Morgan fingerprint density at radius 2 is 2.00 bits per heavy atom.